The van der Waals surface area contributed by atoms with Crippen LogP contribution >= 0.6 is 0 Å². The molecule has 4 nitrogen and oxygen atoms in total. The molecule has 0 N–H and O–H groups in total. The number of hydrogen-bond acceptors (Lipinski definition) is 4. The van der Waals surface area contributed by atoms with E-state index in [0.29, 0.717) is 13.1 Å². The Morgan fingerprint density at radius 1 is 0.885 bits per heavy atom. The van der Waals surface area contributed by atoms with Gasteiger partial charge in [0.2, 0.25) is 0 Å². The summed E-state index contributed by atoms with van der Waals surface area (Å²) in [7, 11) is 0. The maximum absolute atomic E-state index is 12.8. The summed E-state index contributed by atoms with van der Waals surface area (Å²) in [6, 6.07) is 18.8. The Morgan fingerprint density at radius 3 is 1.73 bits per heavy atom. The quantitative estimate of drug-likeness (QED) is 0.507. The van der Waals surface area contributed by atoms with E-state index < -0.39 is 12.0 Å². The van der Waals surface area contributed by atoms with Gasteiger partial charge in [0, 0.05) is 19.0 Å². The van der Waals surface area contributed by atoms with Crippen molar-refractivity contribution in [2.75, 3.05) is 6.61 Å². The molecule has 2 rings (SSSR count). The van der Waals surface area contributed by atoms with Crippen molar-refractivity contribution in [1.82, 2.24) is 4.90 Å². The van der Waals surface area contributed by atoms with Crippen molar-refractivity contribution in [3.63, 3.8) is 0 Å². The predicted molar refractivity (Wildman–Crippen MR) is 102 cm³/mol. The molecule has 0 fully saturated rings. The zero-order valence-electron chi connectivity index (χ0n) is 15.7. The molecule has 2 aromatic carbocycles. The van der Waals surface area contributed by atoms with E-state index in [9.17, 15) is 9.59 Å². The van der Waals surface area contributed by atoms with Gasteiger partial charge in [0.25, 0.3) is 0 Å². The second-order valence-electron chi connectivity index (χ2n) is 6.59. The fraction of sp³-hybridized carbons (Fsp3) is 0.364. The average molecular weight is 353 g/mol. The number of nitrogens with zero attached hydrogens (tertiary/aromatic N) is 1. The normalized spacial score (nSPS) is 12.2. The third-order valence-electron chi connectivity index (χ3n) is 4.17. The Labute approximate surface area is 155 Å². The molecule has 0 bridgehead atoms. The lowest BCUT2D eigenvalue weighted by Gasteiger charge is -2.30. The average Bonchev–Trinajstić information content (AvgIpc) is 2.63. The van der Waals surface area contributed by atoms with Crippen molar-refractivity contribution in [3.8, 4) is 0 Å². The summed E-state index contributed by atoms with van der Waals surface area (Å²) < 4.78 is 5.23. The molecule has 0 aliphatic rings. The van der Waals surface area contributed by atoms with Crippen LogP contribution in [0.4, 0.5) is 0 Å². The number of ketones is 1. The van der Waals surface area contributed by atoms with Crippen molar-refractivity contribution in [2.24, 2.45) is 5.92 Å². The first-order valence-electron chi connectivity index (χ1n) is 9.05. The fourth-order valence-corrected chi connectivity index (χ4v) is 2.86. The highest BCUT2D eigenvalue weighted by molar-refractivity contribution is 6.03. The molecule has 0 heterocycles. The maximum Gasteiger partial charge on any atom is 0.331 e. The monoisotopic (exact) mass is 353 g/mol. The molecule has 4 heteroatoms. The van der Waals surface area contributed by atoms with Gasteiger partial charge in [0.15, 0.2) is 11.8 Å². The van der Waals surface area contributed by atoms with Gasteiger partial charge in [-0.3, -0.25) is 9.69 Å². The first kappa shape index (κ1) is 19.9. The third kappa shape index (κ3) is 5.53. The van der Waals surface area contributed by atoms with Gasteiger partial charge in [0.05, 0.1) is 6.61 Å². The molecule has 26 heavy (non-hydrogen) atoms. The van der Waals surface area contributed by atoms with E-state index in [-0.39, 0.29) is 18.3 Å². The summed E-state index contributed by atoms with van der Waals surface area (Å²) in [6.45, 7) is 6.64. The van der Waals surface area contributed by atoms with E-state index in [2.05, 4.69) is 0 Å². The van der Waals surface area contributed by atoms with Crippen molar-refractivity contribution >= 4 is 11.8 Å². The number of hydrogen-bond donors (Lipinski definition) is 0. The highest BCUT2D eigenvalue weighted by Gasteiger charge is 2.35. The molecule has 0 saturated heterocycles. The molecule has 138 valence electrons. The van der Waals surface area contributed by atoms with Gasteiger partial charge in [-0.05, 0) is 18.1 Å². The molecule has 0 aliphatic carbocycles. The molecule has 1 atom stereocenters. The number of carbonyl (C=O) groups excluding carboxylic acids is 2. The van der Waals surface area contributed by atoms with E-state index in [1.54, 1.807) is 6.92 Å². The van der Waals surface area contributed by atoms with E-state index in [0.717, 1.165) is 11.1 Å². The Balaban J connectivity index is 2.36. The fourth-order valence-electron chi connectivity index (χ4n) is 2.86. The second kappa shape index (κ2) is 9.88. The summed E-state index contributed by atoms with van der Waals surface area (Å²) in [5.74, 6) is -0.841. The molecule has 0 radical (unpaired) electrons. The van der Waals surface area contributed by atoms with Crippen molar-refractivity contribution in [3.05, 3.63) is 71.8 Å². The lowest BCUT2D eigenvalue weighted by Crippen LogP contribution is -2.48. The third-order valence-corrected chi connectivity index (χ3v) is 4.17. The zero-order valence-corrected chi connectivity index (χ0v) is 15.7. The summed E-state index contributed by atoms with van der Waals surface area (Å²) >= 11 is 0. The Hall–Kier alpha value is -2.46. The minimum Gasteiger partial charge on any atom is -0.464 e. The van der Waals surface area contributed by atoms with E-state index in [1.165, 1.54) is 0 Å². The van der Waals surface area contributed by atoms with Crippen molar-refractivity contribution < 1.29 is 14.3 Å². The number of carbonyl (C=O) groups is 2. The van der Waals surface area contributed by atoms with Crippen LogP contribution in [0.3, 0.4) is 0 Å². The van der Waals surface area contributed by atoms with Crippen LogP contribution < -0.4 is 0 Å². The molecule has 2 aromatic rings. The zero-order chi connectivity index (χ0) is 18.9. The molecule has 0 amide bonds. The van der Waals surface area contributed by atoms with Crippen LogP contribution in [0.1, 0.15) is 31.9 Å². The Morgan fingerprint density at radius 2 is 1.35 bits per heavy atom. The summed E-state index contributed by atoms with van der Waals surface area (Å²) in [5.41, 5.74) is 2.10. The van der Waals surface area contributed by atoms with Crippen LogP contribution in [0.5, 0.6) is 0 Å². The van der Waals surface area contributed by atoms with Gasteiger partial charge in [-0.1, -0.05) is 74.5 Å². The van der Waals surface area contributed by atoms with Gasteiger partial charge in [-0.2, -0.15) is 0 Å². The van der Waals surface area contributed by atoms with Crippen LogP contribution in [-0.4, -0.2) is 29.3 Å². The second-order valence-corrected chi connectivity index (χ2v) is 6.59. The Kier molecular flexibility index (Phi) is 7.54. The standard InChI is InChI=1S/C22H27NO3/c1-4-26-22(25)20(21(24)17(2)3)23(15-18-11-7-5-8-12-18)16-19-13-9-6-10-14-19/h5-14,17,20H,4,15-16H2,1-3H3/t20-/m1/s1. The summed E-state index contributed by atoms with van der Waals surface area (Å²) in [5, 5.41) is 0. The number of ether oxygens (including phenoxy) is 1. The van der Waals surface area contributed by atoms with Crippen LogP contribution in [0, 0.1) is 5.92 Å². The molecular formula is C22H27NO3. The highest BCUT2D eigenvalue weighted by Crippen LogP contribution is 2.18. The van der Waals surface area contributed by atoms with Gasteiger partial charge in [-0.15, -0.1) is 0 Å². The number of rotatable bonds is 9. The lowest BCUT2D eigenvalue weighted by atomic mass is 9.99. The topological polar surface area (TPSA) is 46.6 Å². The van der Waals surface area contributed by atoms with E-state index in [1.807, 2.05) is 79.4 Å². The van der Waals surface area contributed by atoms with Gasteiger partial charge in [0.1, 0.15) is 0 Å². The molecular weight excluding hydrogens is 326 g/mol. The van der Waals surface area contributed by atoms with Crippen LogP contribution in [-0.2, 0) is 27.4 Å². The minimum absolute atomic E-state index is 0.115. The first-order chi connectivity index (χ1) is 12.5. The number of esters is 1. The number of Topliss-reactive ketones (excluding diaryl/α,β-unsaturated/α-hetero) is 1. The van der Waals surface area contributed by atoms with Crippen molar-refractivity contribution in [2.45, 2.75) is 39.9 Å². The molecule has 0 aliphatic heterocycles. The van der Waals surface area contributed by atoms with Crippen LogP contribution in [0.25, 0.3) is 0 Å². The Bertz CT molecular complexity index is 656. The van der Waals surface area contributed by atoms with Gasteiger partial charge < -0.3 is 4.74 Å². The van der Waals surface area contributed by atoms with E-state index >= 15 is 0 Å². The summed E-state index contributed by atoms with van der Waals surface area (Å²) in [6.07, 6.45) is 0. The van der Waals surface area contributed by atoms with Crippen molar-refractivity contribution in [1.29, 1.82) is 0 Å². The lowest BCUT2D eigenvalue weighted by molar-refractivity contribution is -0.155. The van der Waals surface area contributed by atoms with Crippen LogP contribution in [0.15, 0.2) is 60.7 Å². The SMILES string of the molecule is CCOC(=O)[C@@H](C(=O)C(C)C)N(Cc1ccccc1)Cc1ccccc1. The van der Waals surface area contributed by atoms with Crippen LogP contribution in [0.2, 0.25) is 0 Å². The smallest absolute Gasteiger partial charge is 0.331 e. The minimum atomic E-state index is -0.907. The maximum atomic E-state index is 12.8. The first-order valence-corrected chi connectivity index (χ1v) is 9.05. The van der Waals surface area contributed by atoms with E-state index in [4.69, 9.17) is 4.74 Å². The number of benzene rings is 2. The van der Waals surface area contributed by atoms with Gasteiger partial charge in [-0.25, -0.2) is 4.79 Å². The molecule has 0 unspecified atom stereocenters. The summed E-state index contributed by atoms with van der Waals surface area (Å²) in [4.78, 5) is 27.4. The highest BCUT2D eigenvalue weighted by atomic mass is 16.5. The molecule has 0 aromatic heterocycles. The molecule has 0 spiro atoms. The molecule has 0 saturated carbocycles. The largest absolute Gasteiger partial charge is 0.464 e. The van der Waals surface area contributed by atoms with Gasteiger partial charge >= 0.3 is 5.97 Å². The predicted octanol–water partition coefficient (Wildman–Crippen LogP) is 3.85.